The van der Waals surface area contributed by atoms with Gasteiger partial charge in [-0.3, -0.25) is 4.90 Å². The molecule has 4 nitrogen and oxygen atoms in total. The Bertz CT molecular complexity index is 1370. The molecule has 1 heterocycles. The van der Waals surface area contributed by atoms with Crippen LogP contribution in [0.1, 0.15) is 53.5 Å². The molecule has 0 saturated carbocycles. The number of hydrogen-bond acceptors (Lipinski definition) is 4. The van der Waals surface area contributed by atoms with Gasteiger partial charge in [-0.1, -0.05) is 98.3 Å². The molecule has 0 aliphatic carbocycles. The van der Waals surface area contributed by atoms with Gasteiger partial charge < -0.3 is 14.7 Å². The molecular formula is C37H44N2O2. The Morgan fingerprint density at radius 1 is 0.780 bits per heavy atom. The van der Waals surface area contributed by atoms with Crippen molar-refractivity contribution in [3.8, 4) is 5.75 Å². The van der Waals surface area contributed by atoms with Crippen LogP contribution in [-0.4, -0.2) is 49.3 Å². The summed E-state index contributed by atoms with van der Waals surface area (Å²) in [6.07, 6.45) is 2.13. The quantitative estimate of drug-likeness (QED) is 0.199. The molecule has 1 aliphatic rings. The number of piperazine rings is 1. The molecular weight excluding hydrogens is 504 g/mol. The first kappa shape index (κ1) is 28.9. The van der Waals surface area contributed by atoms with Gasteiger partial charge in [0.05, 0.1) is 6.61 Å². The van der Waals surface area contributed by atoms with Crippen LogP contribution in [0.15, 0.2) is 103 Å². The van der Waals surface area contributed by atoms with E-state index in [1.165, 1.54) is 16.8 Å². The van der Waals surface area contributed by atoms with Crippen LogP contribution in [0.4, 0.5) is 5.69 Å². The van der Waals surface area contributed by atoms with Gasteiger partial charge in [0.2, 0.25) is 0 Å². The molecule has 214 valence electrons. The van der Waals surface area contributed by atoms with Crippen molar-refractivity contribution in [1.29, 1.82) is 0 Å². The molecule has 4 heteroatoms. The van der Waals surface area contributed by atoms with E-state index in [2.05, 4.69) is 85.2 Å². The summed E-state index contributed by atoms with van der Waals surface area (Å²) >= 11 is 0. The molecule has 0 spiro atoms. The highest BCUT2D eigenvalue weighted by molar-refractivity contribution is 5.55. The Morgan fingerprint density at radius 2 is 1.41 bits per heavy atom. The second kappa shape index (κ2) is 13.4. The van der Waals surface area contributed by atoms with Crippen LogP contribution in [0.25, 0.3) is 0 Å². The van der Waals surface area contributed by atoms with Gasteiger partial charge >= 0.3 is 0 Å². The summed E-state index contributed by atoms with van der Waals surface area (Å²) in [7, 11) is 0. The number of unbranched alkanes of at least 4 members (excludes halogenated alkanes) is 1. The van der Waals surface area contributed by atoms with E-state index in [0.717, 1.165) is 68.0 Å². The van der Waals surface area contributed by atoms with Crippen molar-refractivity contribution in [2.24, 2.45) is 0 Å². The van der Waals surface area contributed by atoms with Gasteiger partial charge in [-0.2, -0.15) is 0 Å². The second-order valence-corrected chi connectivity index (χ2v) is 11.4. The van der Waals surface area contributed by atoms with Crippen LogP contribution in [0.2, 0.25) is 0 Å². The predicted octanol–water partition coefficient (Wildman–Crippen LogP) is 7.32. The summed E-state index contributed by atoms with van der Waals surface area (Å²) in [5.41, 5.74) is 5.68. The highest BCUT2D eigenvalue weighted by Crippen LogP contribution is 2.43. The van der Waals surface area contributed by atoms with E-state index in [0.29, 0.717) is 6.61 Å². The normalized spacial score (nSPS) is 16.2. The molecule has 0 amide bonds. The van der Waals surface area contributed by atoms with Crippen LogP contribution in [-0.2, 0) is 5.60 Å². The average Bonchev–Trinajstić information content (AvgIpc) is 3.02. The van der Waals surface area contributed by atoms with E-state index in [1.54, 1.807) is 0 Å². The number of nitrogens with zero attached hydrogens (tertiary/aromatic N) is 2. The fourth-order valence-electron chi connectivity index (χ4n) is 6.05. The summed E-state index contributed by atoms with van der Waals surface area (Å²) in [6, 6.07) is 35.5. The molecule has 0 unspecified atom stereocenters. The van der Waals surface area contributed by atoms with Crippen molar-refractivity contribution in [3.05, 3.63) is 131 Å². The van der Waals surface area contributed by atoms with Gasteiger partial charge in [0.15, 0.2) is 0 Å². The van der Waals surface area contributed by atoms with Crippen LogP contribution >= 0.6 is 0 Å². The van der Waals surface area contributed by atoms with E-state index in [4.69, 9.17) is 4.74 Å². The SMILES string of the molecule is CCCCOc1ccc([C@](O)(c2ccccc2)[C@@H](CN2CCN(c3cc(C)ccc3C)CC2)c2ccccc2)cc1. The minimum Gasteiger partial charge on any atom is -0.494 e. The fraction of sp³-hybridized carbons (Fsp3) is 0.351. The molecule has 5 rings (SSSR count). The summed E-state index contributed by atoms with van der Waals surface area (Å²) in [5, 5.41) is 12.9. The Kier molecular flexibility index (Phi) is 9.43. The fourth-order valence-corrected chi connectivity index (χ4v) is 6.05. The number of benzene rings is 4. The lowest BCUT2D eigenvalue weighted by Crippen LogP contribution is -2.50. The zero-order valence-corrected chi connectivity index (χ0v) is 24.8. The van der Waals surface area contributed by atoms with Crippen molar-refractivity contribution < 1.29 is 9.84 Å². The summed E-state index contributed by atoms with van der Waals surface area (Å²) < 4.78 is 5.95. The maximum atomic E-state index is 12.9. The molecule has 41 heavy (non-hydrogen) atoms. The number of ether oxygens (including phenoxy) is 1. The van der Waals surface area contributed by atoms with Gasteiger partial charge in [0.25, 0.3) is 0 Å². The lowest BCUT2D eigenvalue weighted by Gasteiger charge is -2.43. The molecule has 4 aromatic rings. The van der Waals surface area contributed by atoms with Gasteiger partial charge in [-0.25, -0.2) is 0 Å². The third-order valence-corrected chi connectivity index (χ3v) is 8.50. The number of anilines is 1. The molecule has 0 radical (unpaired) electrons. The third kappa shape index (κ3) is 6.66. The number of aryl methyl sites for hydroxylation is 2. The molecule has 0 bridgehead atoms. The van der Waals surface area contributed by atoms with Crippen LogP contribution < -0.4 is 9.64 Å². The van der Waals surface area contributed by atoms with Crippen LogP contribution in [0.3, 0.4) is 0 Å². The standard InChI is InChI=1S/C37H44N2O2/c1-4-5-26-41-34-20-18-33(19-21-34)37(40,32-14-10-7-11-15-32)35(31-12-8-6-9-13-31)28-38-22-24-39(25-23-38)36-27-29(2)16-17-30(36)3/h6-21,27,35,40H,4-5,22-26,28H2,1-3H3/t35-,37+/m0/s1. The predicted molar refractivity (Wildman–Crippen MR) is 170 cm³/mol. The smallest absolute Gasteiger partial charge is 0.123 e. The van der Waals surface area contributed by atoms with Gasteiger partial charge in [0.1, 0.15) is 11.4 Å². The lowest BCUT2D eigenvalue weighted by molar-refractivity contribution is 0.0328. The summed E-state index contributed by atoms with van der Waals surface area (Å²) in [6.45, 7) is 11.8. The van der Waals surface area contributed by atoms with E-state index < -0.39 is 5.60 Å². The number of aliphatic hydroxyl groups is 1. The Labute approximate surface area is 246 Å². The summed E-state index contributed by atoms with van der Waals surface area (Å²) in [4.78, 5) is 5.03. The van der Waals surface area contributed by atoms with Crippen LogP contribution in [0, 0.1) is 13.8 Å². The monoisotopic (exact) mass is 548 g/mol. The molecule has 1 N–H and O–H groups in total. The maximum absolute atomic E-state index is 12.9. The largest absolute Gasteiger partial charge is 0.494 e. The lowest BCUT2D eigenvalue weighted by atomic mass is 9.72. The zero-order chi connectivity index (χ0) is 28.7. The van der Waals surface area contributed by atoms with E-state index in [-0.39, 0.29) is 5.92 Å². The maximum Gasteiger partial charge on any atom is 0.123 e. The van der Waals surface area contributed by atoms with Gasteiger partial charge in [0, 0.05) is 44.3 Å². The highest BCUT2D eigenvalue weighted by atomic mass is 16.5. The topological polar surface area (TPSA) is 35.9 Å². The van der Waals surface area contributed by atoms with Crippen LogP contribution in [0.5, 0.6) is 5.75 Å². The molecule has 2 atom stereocenters. The van der Waals surface area contributed by atoms with Crippen molar-refractivity contribution in [2.75, 3.05) is 44.2 Å². The van der Waals surface area contributed by atoms with E-state index in [1.807, 2.05) is 48.5 Å². The van der Waals surface area contributed by atoms with Gasteiger partial charge in [-0.05, 0) is 66.3 Å². The molecule has 0 aromatic heterocycles. The minimum absolute atomic E-state index is 0.162. The minimum atomic E-state index is -1.21. The number of hydrogen-bond donors (Lipinski definition) is 1. The van der Waals surface area contributed by atoms with Crippen molar-refractivity contribution in [2.45, 2.75) is 45.1 Å². The Balaban J connectivity index is 1.45. The second-order valence-electron chi connectivity index (χ2n) is 11.4. The third-order valence-electron chi connectivity index (χ3n) is 8.50. The molecule has 1 aliphatic heterocycles. The average molecular weight is 549 g/mol. The zero-order valence-electron chi connectivity index (χ0n) is 24.8. The molecule has 4 aromatic carbocycles. The van der Waals surface area contributed by atoms with Crippen molar-refractivity contribution in [3.63, 3.8) is 0 Å². The highest BCUT2D eigenvalue weighted by Gasteiger charge is 2.42. The first-order chi connectivity index (χ1) is 20.0. The van der Waals surface area contributed by atoms with E-state index in [9.17, 15) is 5.11 Å². The molecule has 1 fully saturated rings. The Morgan fingerprint density at radius 3 is 2.07 bits per heavy atom. The van der Waals surface area contributed by atoms with Crippen molar-refractivity contribution >= 4 is 5.69 Å². The van der Waals surface area contributed by atoms with Crippen molar-refractivity contribution in [1.82, 2.24) is 4.90 Å². The Hall–Kier alpha value is -3.60. The number of rotatable bonds is 11. The first-order valence-corrected chi connectivity index (χ1v) is 15.1. The van der Waals surface area contributed by atoms with E-state index >= 15 is 0 Å². The van der Waals surface area contributed by atoms with Gasteiger partial charge in [-0.15, -0.1) is 0 Å². The first-order valence-electron chi connectivity index (χ1n) is 15.1. The molecule has 1 saturated heterocycles. The summed E-state index contributed by atoms with van der Waals surface area (Å²) in [5.74, 6) is 0.682.